The van der Waals surface area contributed by atoms with Crippen LogP contribution in [0.3, 0.4) is 0 Å². The number of rotatable bonds is 5. The van der Waals surface area contributed by atoms with Gasteiger partial charge in [-0.25, -0.2) is 0 Å². The van der Waals surface area contributed by atoms with Crippen molar-refractivity contribution in [2.24, 2.45) is 0 Å². The van der Waals surface area contributed by atoms with Gasteiger partial charge in [0.25, 0.3) is 5.91 Å². The van der Waals surface area contributed by atoms with E-state index in [4.69, 9.17) is 10.4 Å². The van der Waals surface area contributed by atoms with Crippen molar-refractivity contribution in [3.63, 3.8) is 0 Å². The maximum atomic E-state index is 11.6. The lowest BCUT2D eigenvalue weighted by molar-refractivity contribution is -0.117. The topological polar surface area (TPSA) is 76.4 Å². The predicted octanol–water partition coefficient (Wildman–Crippen LogP) is 0.768. The van der Waals surface area contributed by atoms with Crippen molar-refractivity contribution in [1.29, 1.82) is 5.26 Å². The van der Waals surface area contributed by atoms with Crippen molar-refractivity contribution < 1.29 is 9.90 Å². The number of nitrogens with zero attached hydrogens (tertiary/aromatic N) is 2. The van der Waals surface area contributed by atoms with Gasteiger partial charge in [-0.2, -0.15) is 5.26 Å². The van der Waals surface area contributed by atoms with Crippen LogP contribution in [0.25, 0.3) is 6.08 Å². The molecule has 1 rings (SSSR count). The first kappa shape index (κ1) is 14.7. The summed E-state index contributed by atoms with van der Waals surface area (Å²) in [7, 11) is 3.88. The van der Waals surface area contributed by atoms with E-state index in [0.29, 0.717) is 0 Å². The molecule has 1 amide bonds. The molecule has 0 atom stereocenters. The lowest BCUT2D eigenvalue weighted by Gasteiger charge is -2.11. The highest BCUT2D eigenvalue weighted by Crippen LogP contribution is 2.14. The molecule has 0 fully saturated rings. The van der Waals surface area contributed by atoms with Crippen LogP contribution in [-0.4, -0.2) is 38.3 Å². The molecule has 0 saturated heterocycles. The number of nitrogens with one attached hydrogen (secondary N) is 1. The Morgan fingerprint density at radius 2 is 2.05 bits per heavy atom. The number of carbonyl (C=O) groups excluding carboxylic acids is 1. The molecule has 2 N–H and O–H groups in total. The molecule has 0 spiro atoms. The standard InChI is InChI=1S/C14H17N3O2/c1-17(2)13-5-3-11(4-6-13)9-12(10-15)14(19)16-7-8-18/h3-6,9,18H,7-8H2,1-2H3,(H,16,19)/b12-9+. The van der Waals surface area contributed by atoms with Crippen LogP contribution in [0.1, 0.15) is 5.56 Å². The molecule has 1 aromatic carbocycles. The van der Waals surface area contributed by atoms with Crippen molar-refractivity contribution in [2.45, 2.75) is 0 Å². The number of hydrogen-bond donors (Lipinski definition) is 2. The van der Waals surface area contributed by atoms with Gasteiger partial charge in [0, 0.05) is 26.3 Å². The number of aliphatic hydroxyl groups is 1. The van der Waals surface area contributed by atoms with Crippen molar-refractivity contribution in [1.82, 2.24) is 5.32 Å². The Morgan fingerprint density at radius 3 is 2.53 bits per heavy atom. The fourth-order valence-corrected chi connectivity index (χ4v) is 1.45. The van der Waals surface area contributed by atoms with Crippen LogP contribution >= 0.6 is 0 Å². The molecule has 0 aliphatic carbocycles. The number of hydrogen-bond acceptors (Lipinski definition) is 4. The molecule has 0 aromatic heterocycles. The largest absolute Gasteiger partial charge is 0.395 e. The van der Waals surface area contributed by atoms with E-state index in [-0.39, 0.29) is 18.7 Å². The maximum Gasteiger partial charge on any atom is 0.262 e. The van der Waals surface area contributed by atoms with Gasteiger partial charge < -0.3 is 15.3 Å². The number of aliphatic hydroxyl groups excluding tert-OH is 1. The Labute approximate surface area is 112 Å². The summed E-state index contributed by atoms with van der Waals surface area (Å²) in [6.07, 6.45) is 1.52. The molecule has 0 saturated carbocycles. The second-order valence-electron chi connectivity index (χ2n) is 4.14. The van der Waals surface area contributed by atoms with Crippen molar-refractivity contribution in [2.75, 3.05) is 32.1 Å². The average molecular weight is 259 g/mol. The van der Waals surface area contributed by atoms with E-state index in [2.05, 4.69) is 5.32 Å². The van der Waals surface area contributed by atoms with E-state index >= 15 is 0 Å². The van der Waals surface area contributed by atoms with Crippen molar-refractivity contribution in [3.05, 3.63) is 35.4 Å². The van der Waals surface area contributed by atoms with Gasteiger partial charge >= 0.3 is 0 Å². The molecule has 0 aliphatic heterocycles. The first-order valence-corrected chi connectivity index (χ1v) is 5.86. The summed E-state index contributed by atoms with van der Waals surface area (Å²) in [5.74, 6) is -0.478. The van der Waals surface area contributed by atoms with Crippen LogP contribution in [0.5, 0.6) is 0 Å². The number of anilines is 1. The number of benzene rings is 1. The van der Waals surface area contributed by atoms with Crippen LogP contribution in [0, 0.1) is 11.3 Å². The lowest BCUT2D eigenvalue weighted by atomic mass is 10.1. The van der Waals surface area contributed by atoms with Crippen LogP contribution in [0.2, 0.25) is 0 Å². The summed E-state index contributed by atoms with van der Waals surface area (Å²) in [6, 6.07) is 9.35. The fraction of sp³-hybridized carbons (Fsp3) is 0.286. The molecule has 0 aliphatic rings. The SMILES string of the molecule is CN(C)c1ccc(/C=C(\C#N)C(=O)NCCO)cc1. The first-order chi connectivity index (χ1) is 9.08. The highest BCUT2D eigenvalue weighted by atomic mass is 16.3. The molecular formula is C14H17N3O2. The number of nitriles is 1. The molecule has 0 radical (unpaired) electrons. The maximum absolute atomic E-state index is 11.6. The zero-order valence-electron chi connectivity index (χ0n) is 11.1. The zero-order valence-corrected chi connectivity index (χ0v) is 11.1. The molecule has 19 heavy (non-hydrogen) atoms. The number of carbonyl (C=O) groups is 1. The van der Waals surface area contributed by atoms with Crippen LogP contribution in [0.15, 0.2) is 29.8 Å². The summed E-state index contributed by atoms with van der Waals surface area (Å²) in [6.45, 7) is -0.0145. The van der Waals surface area contributed by atoms with Crippen LogP contribution < -0.4 is 10.2 Å². The van der Waals surface area contributed by atoms with Crippen molar-refractivity contribution in [3.8, 4) is 6.07 Å². The molecule has 0 heterocycles. The highest BCUT2D eigenvalue weighted by Gasteiger charge is 2.07. The van der Waals surface area contributed by atoms with Gasteiger partial charge in [0.2, 0.25) is 0 Å². The van der Waals surface area contributed by atoms with Gasteiger partial charge in [0.15, 0.2) is 0 Å². The molecule has 100 valence electrons. The summed E-state index contributed by atoms with van der Waals surface area (Å²) in [5.41, 5.74) is 1.84. The highest BCUT2D eigenvalue weighted by molar-refractivity contribution is 6.01. The zero-order chi connectivity index (χ0) is 14.3. The molecule has 1 aromatic rings. The van der Waals surface area contributed by atoms with Gasteiger partial charge in [-0.3, -0.25) is 4.79 Å². The van der Waals surface area contributed by atoms with Gasteiger partial charge in [-0.1, -0.05) is 12.1 Å². The van der Waals surface area contributed by atoms with E-state index in [1.54, 1.807) is 0 Å². The lowest BCUT2D eigenvalue weighted by Crippen LogP contribution is -2.27. The van der Waals surface area contributed by atoms with E-state index < -0.39 is 5.91 Å². The quantitative estimate of drug-likeness (QED) is 0.605. The third kappa shape index (κ3) is 4.45. The van der Waals surface area contributed by atoms with E-state index in [1.165, 1.54) is 6.08 Å². The second-order valence-corrected chi connectivity index (χ2v) is 4.14. The number of amides is 1. The summed E-state index contributed by atoms with van der Waals surface area (Å²) in [4.78, 5) is 13.6. The second kappa shape index (κ2) is 7.19. The Bertz CT molecular complexity index is 498. The van der Waals surface area contributed by atoms with Crippen LogP contribution in [-0.2, 0) is 4.79 Å². The molecule has 0 unspecified atom stereocenters. The smallest absolute Gasteiger partial charge is 0.262 e. The monoisotopic (exact) mass is 259 g/mol. The van der Waals surface area contributed by atoms with Gasteiger partial charge in [-0.05, 0) is 23.8 Å². The third-order valence-electron chi connectivity index (χ3n) is 2.48. The predicted molar refractivity (Wildman–Crippen MR) is 74.5 cm³/mol. The van der Waals surface area contributed by atoms with E-state index in [9.17, 15) is 4.79 Å². The first-order valence-electron chi connectivity index (χ1n) is 5.86. The Morgan fingerprint density at radius 1 is 1.42 bits per heavy atom. The summed E-state index contributed by atoms with van der Waals surface area (Å²) in [5, 5.41) is 20.0. The minimum atomic E-state index is -0.478. The van der Waals surface area contributed by atoms with Gasteiger partial charge in [0.05, 0.1) is 6.61 Å². The van der Waals surface area contributed by atoms with Crippen molar-refractivity contribution >= 4 is 17.7 Å². The molecule has 0 bridgehead atoms. The Kier molecular flexibility index (Phi) is 5.58. The normalized spacial score (nSPS) is 10.7. The minimum Gasteiger partial charge on any atom is -0.395 e. The third-order valence-corrected chi connectivity index (χ3v) is 2.48. The molecule has 5 heteroatoms. The molecule has 5 nitrogen and oxygen atoms in total. The van der Waals surface area contributed by atoms with E-state index in [1.807, 2.05) is 49.3 Å². The summed E-state index contributed by atoms with van der Waals surface area (Å²) >= 11 is 0. The summed E-state index contributed by atoms with van der Waals surface area (Å²) < 4.78 is 0. The van der Waals surface area contributed by atoms with Gasteiger partial charge in [0.1, 0.15) is 11.6 Å². The fourth-order valence-electron chi connectivity index (χ4n) is 1.45. The van der Waals surface area contributed by atoms with Gasteiger partial charge in [-0.15, -0.1) is 0 Å². The molecular weight excluding hydrogens is 242 g/mol. The Hall–Kier alpha value is -2.32. The average Bonchev–Trinajstić information content (AvgIpc) is 2.42. The Balaban J connectivity index is 2.86. The minimum absolute atomic E-state index is 0.0195. The van der Waals surface area contributed by atoms with E-state index in [0.717, 1.165) is 11.3 Å². The van der Waals surface area contributed by atoms with Crippen LogP contribution in [0.4, 0.5) is 5.69 Å².